The maximum Gasteiger partial charge on any atom is 0.264 e. The van der Waals surface area contributed by atoms with Gasteiger partial charge in [0.15, 0.2) is 0 Å². The van der Waals surface area contributed by atoms with Gasteiger partial charge in [0.1, 0.15) is 6.04 Å². The lowest BCUT2D eigenvalue weighted by atomic mass is 10.0. The van der Waals surface area contributed by atoms with Crippen molar-refractivity contribution >= 4 is 35.2 Å². The van der Waals surface area contributed by atoms with Crippen molar-refractivity contribution in [3.8, 4) is 0 Å². The molecule has 1 fully saturated rings. The van der Waals surface area contributed by atoms with Gasteiger partial charge in [-0.05, 0) is 31.4 Å². The molecule has 3 rings (SSSR count). The lowest BCUT2D eigenvalue weighted by Crippen LogP contribution is -2.54. The third kappa shape index (κ3) is 4.60. The summed E-state index contributed by atoms with van der Waals surface area (Å²) in [5, 5.41) is 5.83. The molecule has 5 amide bonds. The first kappa shape index (κ1) is 22.5. The molecule has 0 bridgehead atoms. The van der Waals surface area contributed by atoms with Crippen LogP contribution < -0.4 is 10.6 Å². The summed E-state index contributed by atoms with van der Waals surface area (Å²) in [6.07, 6.45) is 4.34. The number of unbranched alkanes of at least 4 members (excludes halogenated alkanes) is 3. The number of piperidine rings is 1. The summed E-state index contributed by atoms with van der Waals surface area (Å²) in [5.74, 6) is -1.81. The minimum atomic E-state index is -0.955. The van der Waals surface area contributed by atoms with Gasteiger partial charge in [0, 0.05) is 39.2 Å². The number of nitrogens with one attached hydrogen (secondary N) is 2. The van der Waals surface area contributed by atoms with Crippen molar-refractivity contribution < 1.29 is 24.0 Å². The molecule has 2 N–H and O–H groups in total. The molecule has 0 aliphatic carbocycles. The number of nitrogens with zero attached hydrogens (tertiary/aromatic N) is 2. The van der Waals surface area contributed by atoms with Crippen LogP contribution in [0.5, 0.6) is 0 Å². The second-order valence-corrected chi connectivity index (χ2v) is 7.82. The topological polar surface area (TPSA) is 116 Å². The summed E-state index contributed by atoms with van der Waals surface area (Å²) in [6, 6.07) is 4.08. The fourth-order valence-corrected chi connectivity index (χ4v) is 3.98. The van der Waals surface area contributed by atoms with E-state index in [4.69, 9.17) is 0 Å². The summed E-state index contributed by atoms with van der Waals surface area (Å²) in [7, 11) is 3.00. The molecule has 9 nitrogen and oxygen atoms in total. The third-order valence-corrected chi connectivity index (χ3v) is 5.80. The third-order valence-electron chi connectivity index (χ3n) is 5.80. The average molecular weight is 428 g/mol. The highest BCUT2D eigenvalue weighted by Crippen LogP contribution is 2.33. The Labute approximate surface area is 181 Å². The van der Waals surface area contributed by atoms with E-state index in [9.17, 15) is 24.0 Å². The van der Waals surface area contributed by atoms with E-state index in [0.717, 1.165) is 35.5 Å². The number of likely N-dealkylation sites (N-methyl/N-ethyl adjacent to an activating group) is 1. The van der Waals surface area contributed by atoms with Gasteiger partial charge in [-0.2, -0.15) is 0 Å². The highest BCUT2D eigenvalue weighted by molar-refractivity contribution is 6.25. The molecule has 2 heterocycles. The van der Waals surface area contributed by atoms with Crippen LogP contribution in [0.3, 0.4) is 0 Å². The SMILES string of the molecule is CNC(=O)CCCCCCNc1cccc2c1C(=O)N(C1CCC(=O)N(C)C1=O)C2=O. The second-order valence-electron chi connectivity index (χ2n) is 7.82. The van der Waals surface area contributed by atoms with E-state index in [-0.39, 0.29) is 35.8 Å². The number of benzene rings is 1. The summed E-state index contributed by atoms with van der Waals surface area (Å²) in [6.45, 7) is 0.623. The lowest BCUT2D eigenvalue weighted by molar-refractivity contribution is -0.149. The molecular weight excluding hydrogens is 400 g/mol. The number of anilines is 1. The van der Waals surface area contributed by atoms with Gasteiger partial charge in [-0.15, -0.1) is 0 Å². The smallest absolute Gasteiger partial charge is 0.264 e. The summed E-state index contributed by atoms with van der Waals surface area (Å²) < 4.78 is 0. The van der Waals surface area contributed by atoms with Gasteiger partial charge < -0.3 is 10.6 Å². The zero-order chi connectivity index (χ0) is 22.5. The fraction of sp³-hybridized carbons (Fsp3) is 0.500. The quantitative estimate of drug-likeness (QED) is 0.455. The largest absolute Gasteiger partial charge is 0.384 e. The van der Waals surface area contributed by atoms with E-state index < -0.39 is 23.8 Å². The zero-order valence-corrected chi connectivity index (χ0v) is 17.9. The molecule has 31 heavy (non-hydrogen) atoms. The molecule has 2 aliphatic rings. The van der Waals surface area contributed by atoms with E-state index >= 15 is 0 Å². The Balaban J connectivity index is 1.62. The molecule has 1 unspecified atom stereocenters. The van der Waals surface area contributed by atoms with E-state index in [1.807, 2.05) is 0 Å². The number of fused-ring (bicyclic) bond motifs is 1. The molecule has 0 radical (unpaired) electrons. The molecule has 1 aromatic rings. The molecule has 166 valence electrons. The number of amides is 5. The Morgan fingerprint density at radius 1 is 1.06 bits per heavy atom. The maximum atomic E-state index is 13.1. The Morgan fingerprint density at radius 2 is 1.81 bits per heavy atom. The molecule has 0 spiro atoms. The van der Waals surface area contributed by atoms with E-state index in [0.29, 0.717) is 18.7 Å². The van der Waals surface area contributed by atoms with Crippen molar-refractivity contribution in [3.05, 3.63) is 29.3 Å². The van der Waals surface area contributed by atoms with Crippen molar-refractivity contribution in [2.75, 3.05) is 26.0 Å². The van der Waals surface area contributed by atoms with Crippen molar-refractivity contribution in [2.45, 2.75) is 51.0 Å². The van der Waals surface area contributed by atoms with Crippen LogP contribution >= 0.6 is 0 Å². The molecule has 1 atom stereocenters. The van der Waals surface area contributed by atoms with Gasteiger partial charge >= 0.3 is 0 Å². The lowest BCUT2D eigenvalue weighted by Gasteiger charge is -2.32. The molecule has 1 saturated heterocycles. The van der Waals surface area contributed by atoms with Gasteiger partial charge in [-0.25, -0.2) is 0 Å². The van der Waals surface area contributed by atoms with Crippen LogP contribution in [0.15, 0.2) is 18.2 Å². The molecular formula is C22H28N4O5. The number of carbonyl (C=O) groups is 5. The number of hydrogen-bond acceptors (Lipinski definition) is 6. The Hall–Kier alpha value is -3.23. The van der Waals surface area contributed by atoms with Gasteiger partial charge in [0.05, 0.1) is 11.1 Å². The summed E-state index contributed by atoms with van der Waals surface area (Å²) >= 11 is 0. The summed E-state index contributed by atoms with van der Waals surface area (Å²) in [4.78, 5) is 63.5. The Bertz CT molecular complexity index is 913. The van der Waals surface area contributed by atoms with Gasteiger partial charge in [0.25, 0.3) is 17.7 Å². The molecule has 0 saturated carbocycles. The molecule has 1 aromatic carbocycles. The van der Waals surface area contributed by atoms with Crippen molar-refractivity contribution in [3.63, 3.8) is 0 Å². The average Bonchev–Trinajstić information content (AvgIpc) is 3.02. The van der Waals surface area contributed by atoms with Crippen molar-refractivity contribution in [1.29, 1.82) is 0 Å². The molecule has 0 aromatic heterocycles. The van der Waals surface area contributed by atoms with E-state index in [2.05, 4.69) is 10.6 Å². The first-order chi connectivity index (χ1) is 14.9. The normalized spacial score (nSPS) is 18.5. The zero-order valence-electron chi connectivity index (χ0n) is 17.9. The van der Waals surface area contributed by atoms with Crippen LogP contribution in [0, 0.1) is 0 Å². The van der Waals surface area contributed by atoms with Gasteiger partial charge in [0.2, 0.25) is 11.8 Å². The number of carbonyl (C=O) groups excluding carboxylic acids is 5. The second kappa shape index (κ2) is 9.72. The Morgan fingerprint density at radius 3 is 2.55 bits per heavy atom. The van der Waals surface area contributed by atoms with E-state index in [1.54, 1.807) is 25.2 Å². The molecule has 9 heteroatoms. The number of rotatable bonds is 9. The highest BCUT2D eigenvalue weighted by atomic mass is 16.2. The first-order valence-corrected chi connectivity index (χ1v) is 10.6. The predicted octanol–water partition coefficient (Wildman–Crippen LogP) is 1.54. The summed E-state index contributed by atoms with van der Waals surface area (Å²) in [5.41, 5.74) is 1.11. The van der Waals surface area contributed by atoms with Crippen LogP contribution in [-0.2, 0) is 14.4 Å². The monoisotopic (exact) mass is 428 g/mol. The van der Waals surface area contributed by atoms with Crippen LogP contribution in [0.25, 0.3) is 0 Å². The van der Waals surface area contributed by atoms with Crippen LogP contribution in [0.1, 0.15) is 65.7 Å². The highest BCUT2D eigenvalue weighted by Gasteiger charge is 2.46. The minimum absolute atomic E-state index is 0.0396. The fourth-order valence-electron chi connectivity index (χ4n) is 3.98. The van der Waals surface area contributed by atoms with Crippen LogP contribution in [0.2, 0.25) is 0 Å². The number of hydrogen-bond donors (Lipinski definition) is 2. The van der Waals surface area contributed by atoms with Gasteiger partial charge in [-0.1, -0.05) is 18.9 Å². The van der Waals surface area contributed by atoms with E-state index in [1.165, 1.54) is 7.05 Å². The molecule has 2 aliphatic heterocycles. The standard InChI is InChI=1S/C22H28N4O5/c1-23-17(27)10-5-3-4-6-13-24-15-9-7-8-14-19(15)22(31)26(20(14)29)16-11-12-18(28)25(2)21(16)30/h7-9,16,24H,3-6,10-13H2,1-2H3,(H,23,27). The first-order valence-electron chi connectivity index (χ1n) is 10.6. The minimum Gasteiger partial charge on any atom is -0.384 e. The number of imide groups is 2. The van der Waals surface area contributed by atoms with Gasteiger partial charge in [-0.3, -0.25) is 33.8 Å². The van der Waals surface area contributed by atoms with Crippen molar-refractivity contribution in [2.24, 2.45) is 0 Å². The maximum absolute atomic E-state index is 13.1. The number of likely N-dealkylation sites (tertiary alicyclic amines) is 1. The predicted molar refractivity (Wildman–Crippen MR) is 113 cm³/mol. The van der Waals surface area contributed by atoms with Crippen LogP contribution in [-0.4, -0.2) is 66.0 Å². The van der Waals surface area contributed by atoms with Crippen molar-refractivity contribution in [1.82, 2.24) is 15.1 Å². The van der Waals surface area contributed by atoms with Crippen LogP contribution in [0.4, 0.5) is 5.69 Å². The Kier molecular flexibility index (Phi) is 7.04.